The Morgan fingerprint density at radius 1 is 1.29 bits per heavy atom. The summed E-state index contributed by atoms with van der Waals surface area (Å²) in [5, 5.41) is 4.38. The number of halogens is 1. The number of furan rings is 1. The summed E-state index contributed by atoms with van der Waals surface area (Å²) >= 11 is 6.28. The Morgan fingerprint density at radius 2 is 2.14 bits per heavy atom. The molecular weight excluding hydrogens is 470 g/mol. The van der Waals surface area contributed by atoms with Gasteiger partial charge in [-0.1, -0.05) is 23.7 Å². The minimum absolute atomic E-state index is 0.00436. The highest BCUT2D eigenvalue weighted by atomic mass is 35.5. The molecule has 0 bridgehead atoms. The number of fused-ring (bicyclic) bond motifs is 1. The second kappa shape index (κ2) is 9.63. The standard InChI is InChI=1S/C25H22ClN5O4/c1-34-22-9-8-17(12-19(22)26)30-14-16(11-24(30)33)25-28-20-6-2-3-7-21(20)31(25)15-23(32)29-27-13-18-5-4-10-35-18/h2-10,12-13,16H,11,14-15H2,1H3,(H,29,32)/b27-13+. The van der Waals surface area contributed by atoms with Crippen molar-refractivity contribution in [2.75, 3.05) is 18.6 Å². The summed E-state index contributed by atoms with van der Waals surface area (Å²) in [6.07, 6.45) is 3.22. The number of carbonyl (C=O) groups is 2. The van der Waals surface area contributed by atoms with Gasteiger partial charge in [-0.25, -0.2) is 10.4 Å². The highest BCUT2D eigenvalue weighted by molar-refractivity contribution is 6.32. The average Bonchev–Trinajstić information content (AvgIpc) is 3.58. The lowest BCUT2D eigenvalue weighted by Crippen LogP contribution is -2.26. The number of benzene rings is 2. The molecule has 1 aliphatic rings. The third-order valence-electron chi connectivity index (χ3n) is 5.85. The van der Waals surface area contributed by atoms with Gasteiger partial charge in [-0.15, -0.1) is 0 Å². The zero-order valence-corrected chi connectivity index (χ0v) is 19.6. The summed E-state index contributed by atoms with van der Waals surface area (Å²) in [7, 11) is 1.54. The molecule has 1 aliphatic heterocycles. The van der Waals surface area contributed by atoms with Crippen molar-refractivity contribution in [2.24, 2.45) is 5.10 Å². The van der Waals surface area contributed by atoms with Gasteiger partial charge in [0, 0.05) is 24.6 Å². The Balaban J connectivity index is 1.39. The van der Waals surface area contributed by atoms with Crippen molar-refractivity contribution >= 4 is 46.4 Å². The highest BCUT2D eigenvalue weighted by Gasteiger charge is 2.35. The molecule has 1 saturated heterocycles. The number of aromatic nitrogens is 2. The Bertz CT molecular complexity index is 1410. The number of nitrogens with zero attached hydrogens (tertiary/aromatic N) is 4. The van der Waals surface area contributed by atoms with Crippen LogP contribution in [0.4, 0.5) is 5.69 Å². The third kappa shape index (κ3) is 4.63. The van der Waals surface area contributed by atoms with Crippen molar-refractivity contribution in [3.05, 3.63) is 77.5 Å². The Hall–Kier alpha value is -4.11. The van der Waals surface area contributed by atoms with E-state index in [0.717, 1.165) is 11.0 Å². The number of nitrogens with one attached hydrogen (secondary N) is 1. The molecule has 0 radical (unpaired) electrons. The number of carbonyl (C=O) groups excluding carboxylic acids is 2. The zero-order valence-electron chi connectivity index (χ0n) is 18.8. The first kappa shape index (κ1) is 22.7. The topological polar surface area (TPSA) is 102 Å². The number of ether oxygens (including phenoxy) is 1. The monoisotopic (exact) mass is 491 g/mol. The number of rotatable bonds is 7. The Morgan fingerprint density at radius 3 is 2.91 bits per heavy atom. The molecule has 35 heavy (non-hydrogen) atoms. The SMILES string of the molecule is COc1ccc(N2CC(c3nc4ccccc4n3CC(=O)N/N=C/c3ccco3)CC2=O)cc1Cl. The van der Waals surface area contributed by atoms with Gasteiger partial charge in [0.25, 0.3) is 5.91 Å². The van der Waals surface area contributed by atoms with E-state index in [1.807, 2.05) is 28.8 Å². The van der Waals surface area contributed by atoms with Crippen molar-refractivity contribution in [1.29, 1.82) is 0 Å². The molecule has 178 valence electrons. The molecule has 1 atom stereocenters. The first-order valence-electron chi connectivity index (χ1n) is 11.0. The summed E-state index contributed by atoms with van der Waals surface area (Å²) in [5.74, 6) is 1.19. The summed E-state index contributed by atoms with van der Waals surface area (Å²) in [6.45, 7) is 0.424. The third-order valence-corrected chi connectivity index (χ3v) is 6.14. The van der Waals surface area contributed by atoms with E-state index in [1.54, 1.807) is 42.3 Å². The Labute approximate surface area is 205 Å². The van der Waals surface area contributed by atoms with Crippen LogP contribution in [0.1, 0.15) is 23.9 Å². The molecule has 2 aromatic carbocycles. The van der Waals surface area contributed by atoms with E-state index in [-0.39, 0.29) is 30.7 Å². The maximum absolute atomic E-state index is 12.9. The van der Waals surface area contributed by atoms with Crippen molar-refractivity contribution in [2.45, 2.75) is 18.9 Å². The maximum Gasteiger partial charge on any atom is 0.260 e. The van der Waals surface area contributed by atoms with Gasteiger partial charge >= 0.3 is 0 Å². The summed E-state index contributed by atoms with van der Waals surface area (Å²) < 4.78 is 12.2. The maximum atomic E-state index is 12.9. The molecule has 4 aromatic rings. The van der Waals surface area contributed by atoms with E-state index in [2.05, 4.69) is 10.5 Å². The van der Waals surface area contributed by atoms with E-state index in [0.29, 0.717) is 34.6 Å². The molecule has 9 nitrogen and oxygen atoms in total. The number of methoxy groups -OCH3 is 1. The fourth-order valence-corrected chi connectivity index (χ4v) is 4.49. The molecule has 2 amide bonds. The molecular formula is C25H22ClN5O4. The van der Waals surface area contributed by atoms with E-state index in [9.17, 15) is 9.59 Å². The van der Waals surface area contributed by atoms with Crippen LogP contribution >= 0.6 is 11.6 Å². The second-order valence-corrected chi connectivity index (χ2v) is 8.48. The smallest absolute Gasteiger partial charge is 0.260 e. The van der Waals surface area contributed by atoms with Crippen LogP contribution in [0.5, 0.6) is 5.75 Å². The summed E-state index contributed by atoms with van der Waals surface area (Å²) in [6, 6.07) is 16.3. The summed E-state index contributed by atoms with van der Waals surface area (Å²) in [4.78, 5) is 32.1. The van der Waals surface area contributed by atoms with Crippen LogP contribution in [-0.2, 0) is 16.1 Å². The van der Waals surface area contributed by atoms with E-state index < -0.39 is 0 Å². The highest BCUT2D eigenvalue weighted by Crippen LogP contribution is 2.36. The molecule has 10 heteroatoms. The number of imidazole rings is 1. The fourth-order valence-electron chi connectivity index (χ4n) is 4.24. The molecule has 1 N–H and O–H groups in total. The lowest BCUT2D eigenvalue weighted by Gasteiger charge is -2.18. The van der Waals surface area contributed by atoms with Gasteiger partial charge in [0.15, 0.2) is 0 Å². The van der Waals surface area contributed by atoms with Crippen molar-refractivity contribution in [3.63, 3.8) is 0 Å². The van der Waals surface area contributed by atoms with Gasteiger partial charge in [0.2, 0.25) is 5.91 Å². The van der Waals surface area contributed by atoms with Crippen molar-refractivity contribution < 1.29 is 18.7 Å². The van der Waals surface area contributed by atoms with Gasteiger partial charge in [-0.2, -0.15) is 5.10 Å². The van der Waals surface area contributed by atoms with Crippen molar-refractivity contribution in [1.82, 2.24) is 15.0 Å². The largest absolute Gasteiger partial charge is 0.495 e. The van der Waals surface area contributed by atoms with Crippen LogP contribution in [0.15, 0.2) is 70.4 Å². The average molecular weight is 492 g/mol. The molecule has 2 aromatic heterocycles. The number of anilines is 1. The van der Waals surface area contributed by atoms with Crippen LogP contribution in [0.25, 0.3) is 11.0 Å². The van der Waals surface area contributed by atoms with Crippen LogP contribution < -0.4 is 15.1 Å². The van der Waals surface area contributed by atoms with Gasteiger partial charge < -0.3 is 18.6 Å². The van der Waals surface area contributed by atoms with Gasteiger partial charge in [-0.05, 0) is 42.5 Å². The molecule has 1 unspecified atom stereocenters. The number of hydrogen-bond acceptors (Lipinski definition) is 6. The van der Waals surface area contributed by atoms with E-state index in [1.165, 1.54) is 12.5 Å². The Kier molecular flexibility index (Phi) is 6.24. The van der Waals surface area contributed by atoms with E-state index >= 15 is 0 Å². The number of hydrazone groups is 1. The van der Waals surface area contributed by atoms with Gasteiger partial charge in [0.05, 0.1) is 35.6 Å². The van der Waals surface area contributed by atoms with Gasteiger partial charge in [-0.3, -0.25) is 9.59 Å². The summed E-state index contributed by atoms with van der Waals surface area (Å²) in [5.41, 5.74) is 4.78. The molecule has 5 rings (SSSR count). The molecule has 0 saturated carbocycles. The van der Waals surface area contributed by atoms with E-state index in [4.69, 9.17) is 25.7 Å². The zero-order chi connectivity index (χ0) is 24.4. The van der Waals surface area contributed by atoms with Gasteiger partial charge in [0.1, 0.15) is 23.9 Å². The molecule has 0 aliphatic carbocycles. The normalized spacial score (nSPS) is 15.9. The minimum atomic E-state index is -0.319. The second-order valence-electron chi connectivity index (χ2n) is 8.08. The molecule has 0 spiro atoms. The quantitative estimate of drug-likeness (QED) is 0.311. The van der Waals surface area contributed by atoms with Crippen LogP contribution in [0.2, 0.25) is 5.02 Å². The van der Waals surface area contributed by atoms with Crippen LogP contribution in [0, 0.1) is 0 Å². The van der Waals surface area contributed by atoms with Crippen LogP contribution in [-0.4, -0.2) is 41.2 Å². The number of amides is 2. The predicted octanol–water partition coefficient (Wildman–Crippen LogP) is 3.96. The first-order valence-corrected chi connectivity index (χ1v) is 11.4. The lowest BCUT2D eigenvalue weighted by atomic mass is 10.1. The van der Waals surface area contributed by atoms with Crippen molar-refractivity contribution in [3.8, 4) is 5.75 Å². The van der Waals surface area contributed by atoms with Crippen LogP contribution in [0.3, 0.4) is 0 Å². The minimum Gasteiger partial charge on any atom is -0.495 e. The lowest BCUT2D eigenvalue weighted by molar-refractivity contribution is -0.121. The molecule has 1 fully saturated rings. The number of para-hydroxylation sites is 2. The molecule has 3 heterocycles. The predicted molar refractivity (Wildman–Crippen MR) is 132 cm³/mol. The first-order chi connectivity index (χ1) is 17.0. The number of hydrogen-bond donors (Lipinski definition) is 1. The fraction of sp³-hybridized carbons (Fsp3) is 0.200.